The fourth-order valence-corrected chi connectivity index (χ4v) is 2.66. The average Bonchev–Trinajstić information content (AvgIpc) is 2.69. The van der Waals surface area contributed by atoms with Crippen molar-refractivity contribution in [2.24, 2.45) is 0 Å². The molecule has 0 saturated carbocycles. The Kier molecular flexibility index (Phi) is 19.1. The number of allylic oxidation sites excluding steroid dienone is 7. The first-order valence-corrected chi connectivity index (χ1v) is 11.1. The standard InChI is InChI=1S/C25H40O4/c1-3-5-7-8-9-10-11-12-13-14-16-19-23(29-25(28)22-6-4-2)20-17-15-18-21-24(26)27/h5,7,9-10,12-13,16,19,23H,3-4,6,8,11,14-15,17-18,20-22H2,1-2H3,(H,26,27)/b7-5-,10-9-,13-12-,19-16-. The number of rotatable bonds is 18. The summed E-state index contributed by atoms with van der Waals surface area (Å²) in [4.78, 5) is 22.5. The smallest absolute Gasteiger partial charge is 0.306 e. The Labute approximate surface area is 177 Å². The maximum atomic E-state index is 11.9. The molecule has 4 heteroatoms. The van der Waals surface area contributed by atoms with Gasteiger partial charge >= 0.3 is 11.9 Å². The van der Waals surface area contributed by atoms with Gasteiger partial charge in [-0.3, -0.25) is 9.59 Å². The Balaban J connectivity index is 4.26. The molecule has 0 aromatic carbocycles. The number of carbonyl (C=O) groups is 2. The Bertz CT molecular complexity index is 529. The van der Waals surface area contributed by atoms with E-state index in [0.717, 1.165) is 57.8 Å². The number of unbranched alkanes of at least 4 members (excludes halogenated alkanes) is 3. The minimum absolute atomic E-state index is 0.148. The molecule has 0 spiro atoms. The van der Waals surface area contributed by atoms with Crippen LogP contribution in [0.5, 0.6) is 0 Å². The summed E-state index contributed by atoms with van der Waals surface area (Å²) in [5.41, 5.74) is 0. The van der Waals surface area contributed by atoms with E-state index in [1.807, 2.05) is 12.2 Å². The Morgan fingerprint density at radius 3 is 2.00 bits per heavy atom. The van der Waals surface area contributed by atoms with Crippen molar-refractivity contribution >= 4 is 11.9 Å². The van der Waals surface area contributed by atoms with Crippen molar-refractivity contribution in [1.82, 2.24) is 0 Å². The molecule has 0 aromatic heterocycles. The average molecular weight is 405 g/mol. The van der Waals surface area contributed by atoms with E-state index >= 15 is 0 Å². The highest BCUT2D eigenvalue weighted by Crippen LogP contribution is 2.12. The monoisotopic (exact) mass is 404 g/mol. The fraction of sp³-hybridized carbons (Fsp3) is 0.600. The zero-order valence-corrected chi connectivity index (χ0v) is 18.4. The summed E-state index contributed by atoms with van der Waals surface area (Å²) >= 11 is 0. The molecule has 0 aromatic rings. The number of carbonyl (C=O) groups excluding carboxylic acids is 1. The lowest BCUT2D eigenvalue weighted by Gasteiger charge is -2.14. The third kappa shape index (κ3) is 20.4. The zero-order chi connectivity index (χ0) is 21.6. The lowest BCUT2D eigenvalue weighted by Crippen LogP contribution is -2.16. The number of esters is 1. The molecule has 0 aliphatic heterocycles. The van der Waals surface area contributed by atoms with Crippen molar-refractivity contribution < 1.29 is 19.4 Å². The summed E-state index contributed by atoms with van der Waals surface area (Å²) in [6.45, 7) is 4.18. The SMILES string of the molecule is CC/C=C\C/C=C\C/C=C\C/C=C\C(CCCCCC(=O)O)OC(=O)CCCC. The third-order valence-electron chi connectivity index (χ3n) is 4.30. The summed E-state index contributed by atoms with van der Waals surface area (Å²) in [5, 5.41) is 8.70. The van der Waals surface area contributed by atoms with E-state index in [4.69, 9.17) is 9.84 Å². The highest BCUT2D eigenvalue weighted by Gasteiger charge is 2.11. The van der Waals surface area contributed by atoms with Crippen LogP contribution in [0.1, 0.15) is 90.9 Å². The van der Waals surface area contributed by atoms with E-state index in [0.29, 0.717) is 12.8 Å². The van der Waals surface area contributed by atoms with Crippen LogP contribution < -0.4 is 0 Å². The molecule has 29 heavy (non-hydrogen) atoms. The molecule has 0 fully saturated rings. The van der Waals surface area contributed by atoms with Gasteiger partial charge in [0.25, 0.3) is 0 Å². The lowest BCUT2D eigenvalue weighted by atomic mass is 10.1. The van der Waals surface area contributed by atoms with Crippen molar-refractivity contribution in [3.63, 3.8) is 0 Å². The van der Waals surface area contributed by atoms with E-state index < -0.39 is 5.97 Å². The number of hydrogen-bond donors (Lipinski definition) is 1. The minimum atomic E-state index is -0.758. The summed E-state index contributed by atoms with van der Waals surface area (Å²) in [7, 11) is 0. The second-order valence-electron chi connectivity index (χ2n) is 7.08. The predicted octanol–water partition coefficient (Wildman–Crippen LogP) is 6.93. The van der Waals surface area contributed by atoms with Crippen LogP contribution in [0.15, 0.2) is 48.6 Å². The van der Waals surface area contributed by atoms with Gasteiger partial charge in [-0.15, -0.1) is 0 Å². The molecule has 1 atom stereocenters. The first kappa shape index (κ1) is 26.9. The maximum absolute atomic E-state index is 11.9. The van der Waals surface area contributed by atoms with Crippen LogP contribution in [0.25, 0.3) is 0 Å². The van der Waals surface area contributed by atoms with Crippen molar-refractivity contribution in [3.05, 3.63) is 48.6 Å². The van der Waals surface area contributed by atoms with Crippen LogP contribution >= 0.6 is 0 Å². The Morgan fingerprint density at radius 1 is 0.793 bits per heavy atom. The van der Waals surface area contributed by atoms with Gasteiger partial charge in [-0.25, -0.2) is 0 Å². The molecule has 0 aliphatic carbocycles. The van der Waals surface area contributed by atoms with Gasteiger partial charge in [0.05, 0.1) is 0 Å². The molecule has 4 nitrogen and oxygen atoms in total. The second-order valence-corrected chi connectivity index (χ2v) is 7.08. The summed E-state index contributed by atoms with van der Waals surface area (Å²) < 4.78 is 5.59. The number of ether oxygens (including phenoxy) is 1. The van der Waals surface area contributed by atoms with Crippen LogP contribution in [0.4, 0.5) is 0 Å². The highest BCUT2D eigenvalue weighted by atomic mass is 16.5. The van der Waals surface area contributed by atoms with Crippen molar-refractivity contribution in [3.8, 4) is 0 Å². The molecule has 0 radical (unpaired) electrons. The van der Waals surface area contributed by atoms with Gasteiger partial charge in [-0.1, -0.05) is 69.2 Å². The topological polar surface area (TPSA) is 63.6 Å². The quantitative estimate of drug-likeness (QED) is 0.153. The number of carboxylic acids is 1. The molecule has 1 N–H and O–H groups in total. The number of carboxylic acid groups (broad SMARTS) is 1. The maximum Gasteiger partial charge on any atom is 0.306 e. The van der Waals surface area contributed by atoms with E-state index in [1.54, 1.807) is 0 Å². The summed E-state index contributed by atoms with van der Waals surface area (Å²) in [5.74, 6) is -0.906. The molecular formula is C25H40O4. The van der Waals surface area contributed by atoms with Gasteiger partial charge in [0.15, 0.2) is 0 Å². The predicted molar refractivity (Wildman–Crippen MR) is 121 cm³/mol. The molecular weight excluding hydrogens is 364 g/mol. The van der Waals surface area contributed by atoms with Crippen molar-refractivity contribution in [2.75, 3.05) is 0 Å². The first-order chi connectivity index (χ1) is 14.1. The largest absolute Gasteiger partial charge is 0.481 e. The molecule has 0 aliphatic rings. The minimum Gasteiger partial charge on any atom is -0.481 e. The third-order valence-corrected chi connectivity index (χ3v) is 4.30. The molecule has 0 amide bonds. The molecule has 0 saturated heterocycles. The lowest BCUT2D eigenvalue weighted by molar-refractivity contribution is -0.147. The molecule has 1 unspecified atom stereocenters. The zero-order valence-electron chi connectivity index (χ0n) is 18.4. The Morgan fingerprint density at radius 2 is 1.41 bits per heavy atom. The van der Waals surface area contributed by atoms with Gasteiger partial charge in [0.1, 0.15) is 6.10 Å². The number of aliphatic carboxylic acids is 1. The fourth-order valence-electron chi connectivity index (χ4n) is 2.66. The summed E-state index contributed by atoms with van der Waals surface area (Å²) in [6.07, 6.45) is 26.1. The van der Waals surface area contributed by atoms with E-state index in [9.17, 15) is 9.59 Å². The van der Waals surface area contributed by atoms with Gasteiger partial charge < -0.3 is 9.84 Å². The van der Waals surface area contributed by atoms with E-state index in [-0.39, 0.29) is 18.5 Å². The van der Waals surface area contributed by atoms with Gasteiger partial charge in [-0.2, -0.15) is 0 Å². The molecule has 0 bridgehead atoms. The van der Waals surface area contributed by atoms with Crippen LogP contribution in [0.2, 0.25) is 0 Å². The van der Waals surface area contributed by atoms with Crippen molar-refractivity contribution in [1.29, 1.82) is 0 Å². The van der Waals surface area contributed by atoms with Gasteiger partial charge in [0.2, 0.25) is 0 Å². The first-order valence-electron chi connectivity index (χ1n) is 11.1. The molecule has 0 heterocycles. The number of hydrogen-bond acceptors (Lipinski definition) is 3. The van der Waals surface area contributed by atoms with Crippen molar-refractivity contribution in [2.45, 2.75) is 97.0 Å². The van der Waals surface area contributed by atoms with Gasteiger partial charge in [0, 0.05) is 12.8 Å². The summed E-state index contributed by atoms with van der Waals surface area (Å²) in [6, 6.07) is 0. The highest BCUT2D eigenvalue weighted by molar-refractivity contribution is 5.69. The van der Waals surface area contributed by atoms with E-state index in [2.05, 4.69) is 50.3 Å². The molecule has 164 valence electrons. The van der Waals surface area contributed by atoms with Crippen LogP contribution in [-0.2, 0) is 14.3 Å². The van der Waals surface area contributed by atoms with Crippen LogP contribution in [0.3, 0.4) is 0 Å². The van der Waals surface area contributed by atoms with Gasteiger partial charge in [-0.05, 0) is 57.4 Å². The van der Waals surface area contributed by atoms with Crippen LogP contribution in [0, 0.1) is 0 Å². The van der Waals surface area contributed by atoms with Crippen LogP contribution in [-0.4, -0.2) is 23.1 Å². The molecule has 0 rings (SSSR count). The van der Waals surface area contributed by atoms with E-state index in [1.165, 1.54) is 0 Å². The second kappa shape index (κ2) is 20.6. The normalized spacial score (nSPS) is 13.2. The Hall–Kier alpha value is -2.10.